The number of hydrogen-bond acceptors (Lipinski definition) is 5. The largest absolute Gasteiger partial charge is 0.573 e. The number of benzene rings is 1. The zero-order valence-corrected chi connectivity index (χ0v) is 17.7. The summed E-state index contributed by atoms with van der Waals surface area (Å²) >= 11 is 1.56. The van der Waals surface area contributed by atoms with Crippen molar-refractivity contribution >= 4 is 28.7 Å². The molecule has 2 aromatic heterocycles. The molecule has 0 saturated heterocycles. The first-order valence-corrected chi connectivity index (χ1v) is 10.0. The van der Waals surface area contributed by atoms with Crippen molar-refractivity contribution in [2.24, 2.45) is 7.05 Å². The third-order valence-electron chi connectivity index (χ3n) is 4.19. The first-order valence-electron chi connectivity index (χ1n) is 9.17. The predicted molar refractivity (Wildman–Crippen MR) is 109 cm³/mol. The molecule has 0 saturated carbocycles. The lowest BCUT2D eigenvalue weighted by Gasteiger charge is -2.13. The van der Waals surface area contributed by atoms with Crippen molar-refractivity contribution in [3.05, 3.63) is 47.3 Å². The topological polar surface area (TPSA) is 69.0 Å². The van der Waals surface area contributed by atoms with Crippen LogP contribution in [0.25, 0.3) is 11.0 Å². The van der Waals surface area contributed by atoms with E-state index in [9.17, 15) is 18.0 Å². The van der Waals surface area contributed by atoms with Gasteiger partial charge in [-0.2, -0.15) is 5.10 Å². The van der Waals surface area contributed by atoms with Crippen LogP contribution in [-0.4, -0.2) is 32.3 Å². The summed E-state index contributed by atoms with van der Waals surface area (Å²) in [4.78, 5) is 18.1. The molecule has 3 aromatic rings. The van der Waals surface area contributed by atoms with Gasteiger partial charge in [0.1, 0.15) is 5.75 Å². The van der Waals surface area contributed by atoms with Gasteiger partial charge in [0.05, 0.1) is 16.6 Å². The molecule has 0 spiro atoms. The fraction of sp³-hybridized carbons (Fsp3) is 0.350. The number of alkyl halides is 3. The Kier molecular flexibility index (Phi) is 6.25. The van der Waals surface area contributed by atoms with Crippen molar-refractivity contribution in [2.45, 2.75) is 43.8 Å². The highest BCUT2D eigenvalue weighted by Crippen LogP contribution is 2.34. The van der Waals surface area contributed by atoms with Crippen molar-refractivity contribution < 1.29 is 22.7 Å². The maximum atomic E-state index is 12.9. The molecule has 30 heavy (non-hydrogen) atoms. The molecule has 10 heteroatoms. The minimum atomic E-state index is -4.74. The van der Waals surface area contributed by atoms with Crippen molar-refractivity contribution in [3.8, 4) is 5.75 Å². The van der Waals surface area contributed by atoms with Crippen LogP contribution in [0.2, 0.25) is 0 Å². The van der Waals surface area contributed by atoms with Crippen LogP contribution < -0.4 is 10.1 Å². The van der Waals surface area contributed by atoms with Gasteiger partial charge < -0.3 is 10.1 Å². The third kappa shape index (κ3) is 5.05. The lowest BCUT2D eigenvalue weighted by atomic mass is 10.1. The van der Waals surface area contributed by atoms with Gasteiger partial charge in [-0.05, 0) is 24.6 Å². The highest BCUT2D eigenvalue weighted by molar-refractivity contribution is 8.00. The zero-order chi connectivity index (χ0) is 22.1. The Morgan fingerprint density at radius 2 is 1.93 bits per heavy atom. The number of nitrogens with zero attached hydrogens (tertiary/aromatic N) is 3. The van der Waals surface area contributed by atoms with Gasteiger partial charge in [-0.1, -0.05) is 26.0 Å². The fourth-order valence-electron chi connectivity index (χ4n) is 2.99. The van der Waals surface area contributed by atoms with Gasteiger partial charge in [0.15, 0.2) is 5.65 Å². The number of hydrogen-bond donors (Lipinski definition) is 1. The van der Waals surface area contributed by atoms with Crippen molar-refractivity contribution in [1.82, 2.24) is 20.1 Å². The second-order valence-corrected chi connectivity index (χ2v) is 8.54. The van der Waals surface area contributed by atoms with Crippen LogP contribution in [0.3, 0.4) is 0 Å². The molecule has 0 atom stereocenters. The molecule has 0 bridgehead atoms. The minimum absolute atomic E-state index is 0.154. The van der Waals surface area contributed by atoms with Crippen LogP contribution in [0, 0.1) is 6.92 Å². The number of aromatic nitrogens is 3. The molecule has 6 nitrogen and oxygen atoms in total. The Hall–Kier alpha value is -2.75. The Morgan fingerprint density at radius 1 is 1.27 bits per heavy atom. The second kappa shape index (κ2) is 8.55. The number of nitrogens with one attached hydrogen (secondary N) is 1. The summed E-state index contributed by atoms with van der Waals surface area (Å²) in [6, 6.07) is 5.36. The van der Waals surface area contributed by atoms with E-state index in [1.54, 1.807) is 23.5 Å². The van der Waals surface area contributed by atoms with Gasteiger partial charge in [-0.3, -0.25) is 9.48 Å². The van der Waals surface area contributed by atoms with Gasteiger partial charge in [0.25, 0.3) is 5.91 Å². The molecular weight excluding hydrogens is 417 g/mol. The van der Waals surface area contributed by atoms with Crippen molar-refractivity contribution in [2.75, 3.05) is 0 Å². The zero-order valence-electron chi connectivity index (χ0n) is 16.9. The number of rotatable bonds is 6. The van der Waals surface area contributed by atoms with Crippen LogP contribution in [0.5, 0.6) is 5.75 Å². The summed E-state index contributed by atoms with van der Waals surface area (Å²) in [5.41, 5.74) is 2.57. The Labute approximate surface area is 175 Å². The summed E-state index contributed by atoms with van der Waals surface area (Å²) in [5.74, 6) is -0.624. The van der Waals surface area contributed by atoms with E-state index in [-0.39, 0.29) is 23.5 Å². The number of carbonyl (C=O) groups is 1. The van der Waals surface area contributed by atoms with E-state index in [0.29, 0.717) is 16.8 Å². The van der Waals surface area contributed by atoms with Crippen LogP contribution in [0.4, 0.5) is 13.2 Å². The van der Waals surface area contributed by atoms with Gasteiger partial charge >= 0.3 is 6.36 Å². The molecule has 3 rings (SSSR count). The number of amides is 1. The smallest absolute Gasteiger partial charge is 0.406 e. The SMILES string of the molecule is Cc1nn(C)c2ncc(C(=O)NCc3ccc(OC(F)(F)F)cc3)c(SC(C)C)c12. The molecule has 1 N–H and O–H groups in total. The number of halogens is 3. The maximum Gasteiger partial charge on any atom is 0.573 e. The Balaban J connectivity index is 1.80. The highest BCUT2D eigenvalue weighted by Gasteiger charge is 2.31. The van der Waals surface area contributed by atoms with E-state index < -0.39 is 6.36 Å². The second-order valence-electron chi connectivity index (χ2n) is 6.95. The van der Waals surface area contributed by atoms with Gasteiger partial charge in [0.2, 0.25) is 0 Å². The Bertz CT molecular complexity index is 1060. The summed E-state index contributed by atoms with van der Waals surface area (Å²) in [6.45, 7) is 6.10. The molecule has 0 unspecified atom stereocenters. The van der Waals surface area contributed by atoms with E-state index in [0.717, 1.165) is 16.0 Å². The van der Waals surface area contributed by atoms with Crippen LogP contribution in [0.1, 0.15) is 35.5 Å². The molecule has 2 heterocycles. The molecule has 0 aliphatic carbocycles. The lowest BCUT2D eigenvalue weighted by molar-refractivity contribution is -0.274. The predicted octanol–water partition coefficient (Wildman–Crippen LogP) is 4.61. The minimum Gasteiger partial charge on any atom is -0.406 e. The average molecular weight is 438 g/mol. The Morgan fingerprint density at radius 3 is 2.53 bits per heavy atom. The number of pyridine rings is 1. The molecule has 160 valence electrons. The molecular formula is C20H21F3N4O2S. The van der Waals surface area contributed by atoms with Gasteiger partial charge in [0, 0.05) is 29.9 Å². The number of ether oxygens (including phenoxy) is 1. The molecule has 0 fully saturated rings. The first-order chi connectivity index (χ1) is 14.0. The average Bonchev–Trinajstić information content (AvgIpc) is 2.94. The van der Waals surface area contributed by atoms with Crippen molar-refractivity contribution in [3.63, 3.8) is 0 Å². The first kappa shape index (κ1) is 21.9. The van der Waals surface area contributed by atoms with Crippen molar-refractivity contribution in [1.29, 1.82) is 0 Å². The molecule has 0 aliphatic heterocycles. The van der Waals surface area contributed by atoms with E-state index in [2.05, 4.69) is 20.1 Å². The van der Waals surface area contributed by atoms with Gasteiger partial charge in [-0.25, -0.2) is 4.98 Å². The summed E-state index contributed by atoms with van der Waals surface area (Å²) in [7, 11) is 1.80. The van der Waals surface area contributed by atoms with E-state index in [4.69, 9.17) is 0 Å². The number of aryl methyl sites for hydroxylation is 2. The van der Waals surface area contributed by atoms with Crippen LogP contribution >= 0.6 is 11.8 Å². The fourth-order valence-corrected chi connectivity index (χ4v) is 4.09. The summed E-state index contributed by atoms with van der Waals surface area (Å²) < 4.78 is 42.3. The summed E-state index contributed by atoms with van der Waals surface area (Å²) in [5, 5.41) is 8.29. The molecule has 1 aromatic carbocycles. The molecule has 1 amide bonds. The standard InChI is InChI=1S/C20H21F3N4O2S/c1-11(2)30-17-15(10-24-18-16(17)12(3)26-27(18)4)19(28)25-9-13-5-7-14(8-6-13)29-20(21,22)23/h5-8,10-11H,9H2,1-4H3,(H,25,28). The normalized spacial score (nSPS) is 11.9. The highest BCUT2D eigenvalue weighted by atomic mass is 32.2. The molecule has 0 radical (unpaired) electrons. The van der Waals surface area contributed by atoms with E-state index in [1.807, 2.05) is 20.8 Å². The summed E-state index contributed by atoms with van der Waals surface area (Å²) in [6.07, 6.45) is -3.21. The number of fused-ring (bicyclic) bond motifs is 1. The monoisotopic (exact) mass is 438 g/mol. The third-order valence-corrected chi connectivity index (χ3v) is 5.32. The quantitative estimate of drug-likeness (QED) is 0.570. The maximum absolute atomic E-state index is 12.9. The van der Waals surface area contributed by atoms with Crippen LogP contribution in [-0.2, 0) is 13.6 Å². The molecule has 0 aliphatic rings. The number of carbonyl (C=O) groups excluding carboxylic acids is 1. The van der Waals surface area contributed by atoms with E-state index in [1.165, 1.54) is 30.5 Å². The number of thioether (sulfide) groups is 1. The van der Waals surface area contributed by atoms with Crippen LogP contribution in [0.15, 0.2) is 35.4 Å². The van der Waals surface area contributed by atoms with E-state index >= 15 is 0 Å². The van der Waals surface area contributed by atoms with Gasteiger partial charge in [-0.15, -0.1) is 24.9 Å². The lowest BCUT2D eigenvalue weighted by Crippen LogP contribution is -2.24.